The monoisotopic (exact) mass is 504 g/mol. The minimum absolute atomic E-state index is 0.0786. The Morgan fingerprint density at radius 1 is 1.19 bits per heavy atom. The average molecular weight is 505 g/mol. The summed E-state index contributed by atoms with van der Waals surface area (Å²) in [4.78, 5) is 46.7. The van der Waals surface area contributed by atoms with Gasteiger partial charge in [0.15, 0.2) is 11.5 Å². The van der Waals surface area contributed by atoms with Gasteiger partial charge in [0.2, 0.25) is 0 Å². The Kier molecular flexibility index (Phi) is 6.79. The Labute approximate surface area is 190 Å². The zero-order valence-corrected chi connectivity index (χ0v) is 18.2. The molecule has 2 aromatic rings. The summed E-state index contributed by atoms with van der Waals surface area (Å²) < 4.78 is 11.7. The molecule has 0 bridgehead atoms. The maximum Gasteiger partial charge on any atom is 0.335 e. The molecule has 0 aliphatic carbocycles. The topological polar surface area (TPSA) is 142 Å². The number of halogens is 1. The van der Waals surface area contributed by atoms with E-state index < -0.39 is 30.4 Å². The zero-order valence-electron chi connectivity index (χ0n) is 16.6. The number of rotatable bonds is 8. The van der Waals surface area contributed by atoms with Crippen molar-refractivity contribution in [1.82, 2.24) is 10.2 Å². The van der Waals surface area contributed by atoms with E-state index in [2.05, 4.69) is 21.2 Å². The van der Waals surface area contributed by atoms with Crippen molar-refractivity contribution in [2.24, 2.45) is 0 Å². The van der Waals surface area contributed by atoms with Crippen LogP contribution in [0.15, 0.2) is 46.6 Å². The van der Waals surface area contributed by atoms with Crippen molar-refractivity contribution in [3.8, 4) is 11.5 Å². The molecular formula is C21H17BrN2O8. The highest BCUT2D eigenvalue weighted by atomic mass is 79.9. The van der Waals surface area contributed by atoms with E-state index in [-0.39, 0.29) is 17.9 Å². The first-order valence-corrected chi connectivity index (χ1v) is 9.87. The van der Waals surface area contributed by atoms with Gasteiger partial charge in [-0.1, -0.05) is 12.1 Å². The van der Waals surface area contributed by atoms with Crippen molar-refractivity contribution in [3.05, 3.63) is 63.3 Å². The van der Waals surface area contributed by atoms with Gasteiger partial charge in [0, 0.05) is 0 Å². The Balaban J connectivity index is 1.82. The summed E-state index contributed by atoms with van der Waals surface area (Å²) >= 11 is 3.38. The number of methoxy groups -OCH3 is 1. The minimum Gasteiger partial charge on any atom is -0.493 e. The van der Waals surface area contributed by atoms with Crippen LogP contribution in [0, 0.1) is 0 Å². The summed E-state index contributed by atoms with van der Waals surface area (Å²) in [6.07, 6.45) is 1.38. The van der Waals surface area contributed by atoms with Crippen LogP contribution in [0.2, 0.25) is 0 Å². The molecule has 166 valence electrons. The summed E-state index contributed by atoms with van der Waals surface area (Å²) in [5, 5.41) is 20.3. The third-order valence-corrected chi connectivity index (χ3v) is 4.96. The molecule has 10 nitrogen and oxygen atoms in total. The Morgan fingerprint density at radius 2 is 1.94 bits per heavy atom. The van der Waals surface area contributed by atoms with Crippen LogP contribution in [-0.2, 0) is 16.2 Å². The highest BCUT2D eigenvalue weighted by molar-refractivity contribution is 9.10. The van der Waals surface area contributed by atoms with Gasteiger partial charge in [-0.3, -0.25) is 9.59 Å². The number of benzene rings is 2. The molecule has 0 spiro atoms. The molecule has 1 fully saturated rings. The predicted octanol–water partition coefficient (Wildman–Crippen LogP) is 2.71. The summed E-state index contributed by atoms with van der Waals surface area (Å²) in [7, 11) is 1.42. The number of amides is 3. The number of carboxylic acids is 2. The number of imide groups is 1. The predicted molar refractivity (Wildman–Crippen MR) is 114 cm³/mol. The lowest BCUT2D eigenvalue weighted by atomic mass is 10.1. The van der Waals surface area contributed by atoms with Crippen LogP contribution in [0.3, 0.4) is 0 Å². The number of urea groups is 1. The molecule has 1 aliphatic rings. The van der Waals surface area contributed by atoms with Gasteiger partial charge in [0.1, 0.15) is 18.8 Å². The SMILES string of the molecule is COc1cc(/C=C2/NC(=O)N(CC(=O)O)C2=O)cc(Br)c1OCc1cccc(C(=O)O)c1. The third kappa shape index (κ3) is 5.06. The van der Waals surface area contributed by atoms with Crippen molar-refractivity contribution < 1.29 is 38.9 Å². The molecule has 3 amide bonds. The quantitative estimate of drug-likeness (QED) is 0.367. The molecule has 0 atom stereocenters. The van der Waals surface area contributed by atoms with E-state index in [1.165, 1.54) is 25.3 Å². The van der Waals surface area contributed by atoms with Crippen LogP contribution >= 0.6 is 15.9 Å². The van der Waals surface area contributed by atoms with Crippen LogP contribution in [0.4, 0.5) is 4.79 Å². The molecule has 0 saturated carbocycles. The van der Waals surface area contributed by atoms with E-state index in [1.807, 2.05) is 0 Å². The smallest absolute Gasteiger partial charge is 0.335 e. The van der Waals surface area contributed by atoms with Crippen LogP contribution in [-0.4, -0.2) is 52.6 Å². The lowest BCUT2D eigenvalue weighted by Crippen LogP contribution is -2.35. The summed E-state index contributed by atoms with van der Waals surface area (Å²) in [5.74, 6) is -2.44. The summed E-state index contributed by atoms with van der Waals surface area (Å²) in [5.41, 5.74) is 1.18. The van der Waals surface area contributed by atoms with Crippen LogP contribution in [0.5, 0.6) is 11.5 Å². The normalized spacial score (nSPS) is 14.4. The number of carbonyl (C=O) groups excluding carboxylic acids is 2. The van der Waals surface area contributed by atoms with Crippen LogP contribution in [0.1, 0.15) is 21.5 Å². The number of carboxylic acid groups (broad SMARTS) is 2. The maximum absolute atomic E-state index is 12.3. The van der Waals surface area contributed by atoms with E-state index in [4.69, 9.17) is 19.7 Å². The van der Waals surface area contributed by atoms with E-state index >= 15 is 0 Å². The number of carbonyl (C=O) groups is 4. The molecule has 0 aromatic heterocycles. The average Bonchev–Trinajstić information content (AvgIpc) is 2.99. The Morgan fingerprint density at radius 3 is 2.59 bits per heavy atom. The van der Waals surface area contributed by atoms with Crippen LogP contribution < -0.4 is 14.8 Å². The Bertz CT molecular complexity index is 1140. The second-order valence-corrected chi connectivity index (χ2v) is 7.46. The molecule has 0 radical (unpaired) electrons. The number of hydrogen-bond acceptors (Lipinski definition) is 6. The van der Waals surface area contributed by atoms with Crippen molar-refractivity contribution in [2.75, 3.05) is 13.7 Å². The van der Waals surface area contributed by atoms with Crippen LogP contribution in [0.25, 0.3) is 6.08 Å². The van der Waals surface area contributed by atoms with Crippen molar-refractivity contribution >= 4 is 45.9 Å². The molecule has 1 heterocycles. The standard InChI is InChI=1S/C21H17BrN2O8/c1-31-16-8-12(7-15-19(27)24(9-17(25)26)21(30)23-15)6-14(22)18(16)32-10-11-3-2-4-13(5-11)20(28)29/h2-8H,9-10H2,1H3,(H,23,30)(H,25,26)(H,28,29)/b15-7+. The number of aliphatic carboxylic acids is 1. The number of ether oxygens (including phenoxy) is 2. The van der Waals surface area contributed by atoms with Crippen molar-refractivity contribution in [2.45, 2.75) is 6.61 Å². The molecular weight excluding hydrogens is 488 g/mol. The van der Waals surface area contributed by atoms with Gasteiger partial charge >= 0.3 is 18.0 Å². The van der Waals surface area contributed by atoms with Gasteiger partial charge < -0.3 is 25.0 Å². The first-order valence-electron chi connectivity index (χ1n) is 9.08. The van der Waals surface area contributed by atoms with E-state index in [0.29, 0.717) is 32.0 Å². The van der Waals surface area contributed by atoms with Gasteiger partial charge in [-0.2, -0.15) is 0 Å². The van der Waals surface area contributed by atoms with Gasteiger partial charge in [-0.05, 0) is 57.4 Å². The number of hydrogen-bond donors (Lipinski definition) is 3. The molecule has 3 rings (SSSR count). The second kappa shape index (κ2) is 9.52. The molecule has 32 heavy (non-hydrogen) atoms. The second-order valence-electron chi connectivity index (χ2n) is 6.60. The van der Waals surface area contributed by atoms with Crippen molar-refractivity contribution in [1.29, 1.82) is 0 Å². The highest BCUT2D eigenvalue weighted by Crippen LogP contribution is 2.38. The van der Waals surface area contributed by atoms with Gasteiger partial charge in [-0.15, -0.1) is 0 Å². The van der Waals surface area contributed by atoms with E-state index in [0.717, 1.165) is 0 Å². The number of aromatic carboxylic acids is 1. The fourth-order valence-corrected chi connectivity index (χ4v) is 3.50. The Hall–Kier alpha value is -3.86. The largest absolute Gasteiger partial charge is 0.493 e. The fourth-order valence-electron chi connectivity index (χ4n) is 2.93. The molecule has 0 unspecified atom stereocenters. The molecule has 1 saturated heterocycles. The zero-order chi connectivity index (χ0) is 23.4. The third-order valence-electron chi connectivity index (χ3n) is 4.38. The molecule has 3 N–H and O–H groups in total. The van der Waals surface area contributed by atoms with Gasteiger partial charge in [-0.25, -0.2) is 14.5 Å². The fraction of sp³-hybridized carbons (Fsp3) is 0.143. The lowest BCUT2D eigenvalue weighted by molar-refractivity contribution is -0.140. The maximum atomic E-state index is 12.3. The molecule has 1 aliphatic heterocycles. The molecule has 2 aromatic carbocycles. The minimum atomic E-state index is -1.31. The van der Waals surface area contributed by atoms with Crippen molar-refractivity contribution in [3.63, 3.8) is 0 Å². The van der Waals surface area contributed by atoms with E-state index in [9.17, 15) is 19.2 Å². The summed E-state index contributed by atoms with van der Waals surface area (Å²) in [6, 6.07) is 8.69. The summed E-state index contributed by atoms with van der Waals surface area (Å²) in [6.45, 7) is -0.667. The highest BCUT2D eigenvalue weighted by Gasteiger charge is 2.34. The lowest BCUT2D eigenvalue weighted by Gasteiger charge is -2.14. The van der Waals surface area contributed by atoms with E-state index in [1.54, 1.807) is 24.3 Å². The van der Waals surface area contributed by atoms with Gasteiger partial charge in [0.05, 0.1) is 17.1 Å². The number of nitrogens with zero attached hydrogens (tertiary/aromatic N) is 1. The first-order chi connectivity index (χ1) is 15.2. The number of nitrogens with one attached hydrogen (secondary N) is 1. The first kappa shape index (κ1) is 22.8. The molecule has 11 heteroatoms. The van der Waals surface area contributed by atoms with Gasteiger partial charge in [0.25, 0.3) is 5.91 Å².